The van der Waals surface area contributed by atoms with E-state index in [-0.39, 0.29) is 12.0 Å². The SMILES string of the molecule is CC(O)Cc1cccc(N2CCN(C)CC2=O)c1. The summed E-state index contributed by atoms with van der Waals surface area (Å²) in [5.41, 5.74) is 2.00. The molecule has 1 aromatic rings. The third kappa shape index (κ3) is 3.09. The zero-order valence-electron chi connectivity index (χ0n) is 11.0. The Morgan fingerprint density at radius 2 is 2.17 bits per heavy atom. The number of anilines is 1. The van der Waals surface area contributed by atoms with Gasteiger partial charge in [0.1, 0.15) is 0 Å². The summed E-state index contributed by atoms with van der Waals surface area (Å²) in [6, 6.07) is 7.88. The van der Waals surface area contributed by atoms with Gasteiger partial charge in [0.15, 0.2) is 0 Å². The summed E-state index contributed by atoms with van der Waals surface area (Å²) in [6.07, 6.45) is 0.263. The van der Waals surface area contributed by atoms with Gasteiger partial charge in [-0.2, -0.15) is 0 Å². The van der Waals surface area contributed by atoms with Crippen molar-refractivity contribution >= 4 is 11.6 Å². The normalized spacial score (nSPS) is 19.1. The number of piperazine rings is 1. The van der Waals surface area contributed by atoms with E-state index in [0.717, 1.165) is 24.3 Å². The van der Waals surface area contributed by atoms with Gasteiger partial charge in [0.25, 0.3) is 0 Å². The van der Waals surface area contributed by atoms with E-state index in [4.69, 9.17) is 0 Å². The van der Waals surface area contributed by atoms with E-state index in [0.29, 0.717) is 13.0 Å². The molecule has 1 saturated heterocycles. The molecule has 1 aliphatic heterocycles. The Morgan fingerprint density at radius 1 is 1.39 bits per heavy atom. The van der Waals surface area contributed by atoms with Crippen molar-refractivity contribution in [2.45, 2.75) is 19.4 Å². The first-order valence-electron chi connectivity index (χ1n) is 6.32. The van der Waals surface area contributed by atoms with Crippen LogP contribution >= 0.6 is 0 Å². The van der Waals surface area contributed by atoms with Crippen molar-refractivity contribution in [3.05, 3.63) is 29.8 Å². The number of carbonyl (C=O) groups is 1. The summed E-state index contributed by atoms with van der Waals surface area (Å²) in [5.74, 6) is 0.137. The maximum Gasteiger partial charge on any atom is 0.241 e. The van der Waals surface area contributed by atoms with Gasteiger partial charge in [0.2, 0.25) is 5.91 Å². The Hall–Kier alpha value is -1.39. The van der Waals surface area contributed by atoms with Crippen LogP contribution in [0.5, 0.6) is 0 Å². The highest BCUT2D eigenvalue weighted by Crippen LogP contribution is 2.19. The maximum absolute atomic E-state index is 12.0. The zero-order chi connectivity index (χ0) is 13.1. The summed E-state index contributed by atoms with van der Waals surface area (Å²) >= 11 is 0. The molecule has 1 atom stereocenters. The molecular weight excluding hydrogens is 228 g/mol. The van der Waals surface area contributed by atoms with Crippen molar-refractivity contribution in [2.24, 2.45) is 0 Å². The van der Waals surface area contributed by atoms with Crippen molar-refractivity contribution in [1.82, 2.24) is 4.90 Å². The topological polar surface area (TPSA) is 43.8 Å². The number of rotatable bonds is 3. The number of likely N-dealkylation sites (N-methyl/N-ethyl adjacent to an activating group) is 1. The van der Waals surface area contributed by atoms with E-state index >= 15 is 0 Å². The van der Waals surface area contributed by atoms with E-state index in [1.165, 1.54) is 0 Å². The highest BCUT2D eigenvalue weighted by Gasteiger charge is 2.22. The van der Waals surface area contributed by atoms with Crippen LogP contribution in [0.25, 0.3) is 0 Å². The van der Waals surface area contributed by atoms with Gasteiger partial charge in [0.05, 0.1) is 12.6 Å². The van der Waals surface area contributed by atoms with Gasteiger partial charge in [-0.15, -0.1) is 0 Å². The molecule has 0 bridgehead atoms. The Balaban J connectivity index is 2.15. The lowest BCUT2D eigenvalue weighted by atomic mass is 10.1. The lowest BCUT2D eigenvalue weighted by Crippen LogP contribution is -2.48. The smallest absolute Gasteiger partial charge is 0.241 e. The van der Waals surface area contributed by atoms with Crippen LogP contribution in [0.3, 0.4) is 0 Å². The van der Waals surface area contributed by atoms with Gasteiger partial charge in [-0.25, -0.2) is 0 Å². The molecule has 0 radical (unpaired) electrons. The molecule has 4 nitrogen and oxygen atoms in total. The molecule has 1 aliphatic rings. The third-order valence-electron chi connectivity index (χ3n) is 3.16. The molecule has 4 heteroatoms. The third-order valence-corrected chi connectivity index (χ3v) is 3.16. The first-order chi connectivity index (χ1) is 8.56. The molecule has 2 rings (SSSR count). The fraction of sp³-hybridized carbons (Fsp3) is 0.500. The number of carbonyl (C=O) groups excluding carboxylic acids is 1. The highest BCUT2D eigenvalue weighted by molar-refractivity contribution is 5.95. The first kappa shape index (κ1) is 13.1. The summed E-state index contributed by atoms with van der Waals surface area (Å²) < 4.78 is 0. The van der Waals surface area contributed by atoms with Crippen LogP contribution in [0.15, 0.2) is 24.3 Å². The van der Waals surface area contributed by atoms with Crippen molar-refractivity contribution in [3.63, 3.8) is 0 Å². The quantitative estimate of drug-likeness (QED) is 0.864. The average Bonchev–Trinajstić information content (AvgIpc) is 2.28. The lowest BCUT2D eigenvalue weighted by Gasteiger charge is -2.32. The minimum absolute atomic E-state index is 0.137. The number of amides is 1. The lowest BCUT2D eigenvalue weighted by molar-refractivity contribution is -0.120. The molecule has 1 unspecified atom stereocenters. The molecule has 1 amide bonds. The molecular formula is C14H20N2O2. The predicted octanol–water partition coefficient (Wildman–Crippen LogP) is 0.888. The van der Waals surface area contributed by atoms with Gasteiger partial charge >= 0.3 is 0 Å². The number of hydrogen-bond donors (Lipinski definition) is 1. The fourth-order valence-corrected chi connectivity index (χ4v) is 2.26. The Bertz CT molecular complexity index is 432. The number of aliphatic hydroxyl groups is 1. The molecule has 1 heterocycles. The molecule has 1 N–H and O–H groups in total. The van der Waals surface area contributed by atoms with Crippen LogP contribution < -0.4 is 4.90 Å². The van der Waals surface area contributed by atoms with E-state index in [1.54, 1.807) is 6.92 Å². The van der Waals surface area contributed by atoms with Gasteiger partial charge in [-0.05, 0) is 38.1 Å². The molecule has 0 spiro atoms. The number of hydrogen-bond acceptors (Lipinski definition) is 3. The van der Waals surface area contributed by atoms with E-state index in [2.05, 4.69) is 0 Å². The number of nitrogens with zero attached hydrogens (tertiary/aromatic N) is 2. The predicted molar refractivity (Wildman–Crippen MR) is 71.7 cm³/mol. The van der Waals surface area contributed by atoms with E-state index in [9.17, 15) is 9.90 Å². The average molecular weight is 248 g/mol. The molecule has 0 aromatic heterocycles. The van der Waals surface area contributed by atoms with Crippen molar-refractivity contribution in [1.29, 1.82) is 0 Å². The number of benzene rings is 1. The van der Waals surface area contributed by atoms with E-state index in [1.807, 2.05) is 41.1 Å². The summed E-state index contributed by atoms with van der Waals surface area (Å²) in [6.45, 7) is 3.87. The monoisotopic (exact) mass is 248 g/mol. The van der Waals surface area contributed by atoms with Gasteiger partial charge in [0, 0.05) is 18.8 Å². The van der Waals surface area contributed by atoms with Crippen LogP contribution in [0.4, 0.5) is 5.69 Å². The van der Waals surface area contributed by atoms with Crippen molar-refractivity contribution in [3.8, 4) is 0 Å². The van der Waals surface area contributed by atoms with Crippen LogP contribution in [0.1, 0.15) is 12.5 Å². The zero-order valence-corrected chi connectivity index (χ0v) is 11.0. The molecule has 1 fully saturated rings. The van der Waals surface area contributed by atoms with Crippen LogP contribution in [-0.4, -0.2) is 48.7 Å². The summed E-state index contributed by atoms with van der Waals surface area (Å²) in [4.78, 5) is 15.8. The minimum atomic E-state index is -0.358. The van der Waals surface area contributed by atoms with Gasteiger partial charge in [-0.1, -0.05) is 12.1 Å². The second-order valence-electron chi connectivity index (χ2n) is 5.01. The summed E-state index contributed by atoms with van der Waals surface area (Å²) in [5, 5.41) is 9.41. The first-order valence-corrected chi connectivity index (χ1v) is 6.32. The van der Waals surface area contributed by atoms with Crippen molar-refractivity contribution in [2.75, 3.05) is 31.6 Å². The highest BCUT2D eigenvalue weighted by atomic mass is 16.3. The fourth-order valence-electron chi connectivity index (χ4n) is 2.26. The molecule has 1 aromatic carbocycles. The van der Waals surface area contributed by atoms with Crippen LogP contribution in [0.2, 0.25) is 0 Å². The molecule has 98 valence electrons. The molecule has 0 aliphatic carbocycles. The van der Waals surface area contributed by atoms with Crippen LogP contribution in [-0.2, 0) is 11.2 Å². The van der Waals surface area contributed by atoms with E-state index < -0.39 is 0 Å². The Labute approximate surface area is 108 Å². The second-order valence-corrected chi connectivity index (χ2v) is 5.01. The van der Waals surface area contributed by atoms with Gasteiger partial charge < -0.3 is 10.0 Å². The second kappa shape index (κ2) is 5.50. The number of aliphatic hydroxyl groups excluding tert-OH is 1. The summed E-state index contributed by atoms with van der Waals surface area (Å²) in [7, 11) is 1.96. The maximum atomic E-state index is 12.0. The van der Waals surface area contributed by atoms with Gasteiger partial charge in [-0.3, -0.25) is 9.69 Å². The van der Waals surface area contributed by atoms with Crippen LogP contribution in [0, 0.1) is 0 Å². The molecule has 0 saturated carbocycles. The standard InChI is InChI=1S/C14H20N2O2/c1-11(17)8-12-4-3-5-13(9-12)16-7-6-15(2)10-14(16)18/h3-5,9,11,17H,6-8,10H2,1-2H3. The Kier molecular flexibility index (Phi) is 3.99. The molecule has 18 heavy (non-hydrogen) atoms. The van der Waals surface area contributed by atoms with Crippen molar-refractivity contribution < 1.29 is 9.90 Å². The minimum Gasteiger partial charge on any atom is -0.393 e. The Morgan fingerprint density at radius 3 is 2.83 bits per heavy atom. The largest absolute Gasteiger partial charge is 0.393 e.